The van der Waals surface area contributed by atoms with Gasteiger partial charge in [-0.05, 0) is 71.6 Å². The van der Waals surface area contributed by atoms with Gasteiger partial charge in [-0.15, -0.1) is 93.9 Å². The van der Waals surface area contributed by atoms with E-state index < -0.39 is 0 Å². The number of aryl methyl sites for hydroxylation is 1. The molecular formula is C49H60Cl2SiZr-4. The minimum atomic E-state index is 0. The summed E-state index contributed by atoms with van der Waals surface area (Å²) in [4.78, 5) is 0. The van der Waals surface area contributed by atoms with E-state index >= 15 is 0 Å². The quantitative estimate of drug-likeness (QED) is 0.120. The van der Waals surface area contributed by atoms with Crippen molar-refractivity contribution in [2.75, 3.05) is 0 Å². The SMILES string of the molecule is CC(C)(C)c1ccc(-c2cccc3[cH-]c(C4CCCC4)cc23)cc1.CCc1cc2c(-c3ccc(C4CCCCC4)cc3)cccc2[cH-]1.Cl.Cl.[CH3-].[CH3-].[Si]=[Zr]. The summed E-state index contributed by atoms with van der Waals surface area (Å²) in [5.74, 6) is 1.58. The normalized spacial score (nSPS) is 14.3. The molecule has 0 N–H and O–H groups in total. The van der Waals surface area contributed by atoms with Crippen LogP contribution in [0.1, 0.15) is 120 Å². The molecule has 6 aromatic rings. The van der Waals surface area contributed by atoms with E-state index in [9.17, 15) is 0 Å². The zero-order chi connectivity index (χ0) is 34.4. The van der Waals surface area contributed by atoms with E-state index in [2.05, 4.69) is 144 Å². The second-order valence-electron chi connectivity index (χ2n) is 15.4. The second kappa shape index (κ2) is 21.8. The van der Waals surface area contributed by atoms with Gasteiger partial charge in [-0.2, -0.15) is 12.1 Å². The van der Waals surface area contributed by atoms with Crippen LogP contribution in [0.3, 0.4) is 0 Å². The summed E-state index contributed by atoms with van der Waals surface area (Å²) in [5.41, 5.74) is 11.6. The molecule has 2 fully saturated rings. The van der Waals surface area contributed by atoms with Crippen molar-refractivity contribution in [3.63, 3.8) is 0 Å². The van der Waals surface area contributed by atoms with Crippen LogP contribution in [-0.4, -0.2) is 6.88 Å². The Morgan fingerprint density at radius 1 is 0.604 bits per heavy atom. The van der Waals surface area contributed by atoms with Crippen LogP contribution in [0.15, 0.2) is 109 Å². The summed E-state index contributed by atoms with van der Waals surface area (Å²) >= 11 is 1.36. The fourth-order valence-corrected chi connectivity index (χ4v) is 8.28. The Balaban J connectivity index is 0.000000327. The maximum atomic E-state index is 3.06. The molecule has 2 aliphatic carbocycles. The van der Waals surface area contributed by atoms with Crippen molar-refractivity contribution in [2.24, 2.45) is 0 Å². The summed E-state index contributed by atoms with van der Waals surface area (Å²) in [7, 11) is 0. The Hall–Kier alpha value is -2.22. The van der Waals surface area contributed by atoms with Crippen LogP contribution in [0.2, 0.25) is 0 Å². The first kappa shape index (κ1) is 46.9. The number of hydrogen-bond acceptors (Lipinski definition) is 0. The van der Waals surface area contributed by atoms with Crippen LogP contribution in [0.25, 0.3) is 43.8 Å². The third kappa shape index (κ3) is 11.2. The van der Waals surface area contributed by atoms with Gasteiger partial charge in [-0.1, -0.05) is 132 Å². The first-order valence-corrected chi connectivity index (χ1v) is 22.9. The number of rotatable bonds is 5. The van der Waals surface area contributed by atoms with Crippen molar-refractivity contribution in [1.82, 2.24) is 0 Å². The van der Waals surface area contributed by atoms with Gasteiger partial charge < -0.3 is 14.9 Å². The molecule has 0 atom stereocenters. The van der Waals surface area contributed by atoms with E-state index in [1.165, 1.54) is 142 Å². The van der Waals surface area contributed by atoms with Crippen LogP contribution in [0.5, 0.6) is 0 Å². The Bertz CT molecular complexity index is 1950. The van der Waals surface area contributed by atoms with Gasteiger partial charge in [0.05, 0.1) is 0 Å². The first-order chi connectivity index (χ1) is 23.9. The van der Waals surface area contributed by atoms with Gasteiger partial charge >= 0.3 is 30.2 Å². The van der Waals surface area contributed by atoms with Gasteiger partial charge in [0.25, 0.3) is 0 Å². The Morgan fingerprint density at radius 3 is 1.60 bits per heavy atom. The molecule has 0 amide bonds. The van der Waals surface area contributed by atoms with E-state index in [1.54, 1.807) is 5.56 Å². The molecule has 282 valence electrons. The molecule has 0 spiro atoms. The molecule has 4 heteroatoms. The molecule has 2 aliphatic rings. The van der Waals surface area contributed by atoms with Crippen molar-refractivity contribution >= 4 is 53.2 Å². The van der Waals surface area contributed by atoms with E-state index in [-0.39, 0.29) is 45.1 Å². The van der Waals surface area contributed by atoms with Crippen LogP contribution in [-0.2, 0) is 35.2 Å². The summed E-state index contributed by atoms with van der Waals surface area (Å²) in [6.45, 7) is 12.1. The van der Waals surface area contributed by atoms with Crippen LogP contribution in [0.4, 0.5) is 0 Å². The molecule has 2 radical (unpaired) electrons. The molecular weight excluding hydrogens is 779 g/mol. The molecule has 0 nitrogen and oxygen atoms in total. The Labute approximate surface area is 351 Å². The third-order valence-electron chi connectivity index (χ3n) is 11.2. The Morgan fingerprint density at radius 2 is 1.08 bits per heavy atom. The Kier molecular flexibility index (Phi) is 19.3. The molecule has 8 rings (SSSR count). The molecule has 0 aromatic heterocycles. The minimum absolute atomic E-state index is 0. The average Bonchev–Trinajstić information content (AvgIpc) is 3.93. The molecule has 0 bridgehead atoms. The van der Waals surface area contributed by atoms with E-state index in [0.717, 1.165) is 18.3 Å². The molecule has 53 heavy (non-hydrogen) atoms. The maximum absolute atomic E-state index is 3.06. The molecule has 6 aromatic carbocycles. The zero-order valence-electron chi connectivity index (χ0n) is 32.9. The first-order valence-electron chi connectivity index (χ1n) is 18.7. The van der Waals surface area contributed by atoms with E-state index in [0.29, 0.717) is 0 Å². The molecule has 0 saturated heterocycles. The van der Waals surface area contributed by atoms with Crippen LogP contribution < -0.4 is 0 Å². The van der Waals surface area contributed by atoms with E-state index in [1.807, 2.05) is 0 Å². The molecule has 2 saturated carbocycles. The van der Waals surface area contributed by atoms with Gasteiger partial charge in [0, 0.05) is 0 Å². The van der Waals surface area contributed by atoms with Crippen molar-refractivity contribution in [2.45, 2.75) is 109 Å². The van der Waals surface area contributed by atoms with Crippen molar-refractivity contribution in [3.8, 4) is 22.3 Å². The predicted octanol–water partition coefficient (Wildman–Crippen LogP) is 15.4. The fourth-order valence-electron chi connectivity index (χ4n) is 8.28. The molecule has 0 heterocycles. The topological polar surface area (TPSA) is 0 Å². The van der Waals surface area contributed by atoms with Gasteiger partial charge in [0.15, 0.2) is 0 Å². The molecule has 0 unspecified atom stereocenters. The monoisotopic (exact) mass is 836 g/mol. The third-order valence-corrected chi connectivity index (χ3v) is 11.2. The van der Waals surface area contributed by atoms with Gasteiger partial charge in [0.2, 0.25) is 0 Å². The van der Waals surface area contributed by atoms with Gasteiger partial charge in [0.1, 0.15) is 0 Å². The summed E-state index contributed by atoms with van der Waals surface area (Å²) in [6.07, 6.45) is 13.6. The summed E-state index contributed by atoms with van der Waals surface area (Å²) in [5, 5.41) is 5.59. The fraction of sp³-hybridized carbons (Fsp3) is 0.347. The second-order valence-corrected chi connectivity index (χ2v) is 15.4. The number of fused-ring (bicyclic) bond motifs is 2. The summed E-state index contributed by atoms with van der Waals surface area (Å²) < 4.78 is 0. The van der Waals surface area contributed by atoms with Gasteiger partial charge in [-0.3, -0.25) is 0 Å². The zero-order valence-corrected chi connectivity index (χ0v) is 38.0. The van der Waals surface area contributed by atoms with Crippen LogP contribution >= 0.6 is 24.8 Å². The van der Waals surface area contributed by atoms with Gasteiger partial charge in [-0.25, -0.2) is 0 Å². The predicted molar refractivity (Wildman–Crippen MR) is 238 cm³/mol. The summed E-state index contributed by atoms with van der Waals surface area (Å²) in [6, 6.07) is 41.5. The number of hydrogen-bond donors (Lipinski definition) is 0. The average molecular weight is 839 g/mol. The standard InChI is InChI=1S/C24H27.C23H25.2CH3.2ClH.Si.Zr/c1-24(2,3)21-13-11-18(12-14-21)22-10-6-9-19-15-20(16-23(19)22)17-7-4-5-8-17;1-2-17-15-21-9-6-10-22(23(21)16-17)20-13-11-19(12-14-20)18-7-4-3-5-8-18;;;;;;/h6,9-17H,4-5,7-8H2,1-3H3;6,9-16,18H,2-5,7-8H2,1H3;2*1H3;2*1H;;/q4*-1;;;;. The van der Waals surface area contributed by atoms with Crippen LogP contribution in [0, 0.1) is 14.9 Å². The number of halogens is 2. The van der Waals surface area contributed by atoms with Crippen molar-refractivity contribution in [3.05, 3.63) is 146 Å². The van der Waals surface area contributed by atoms with Crippen molar-refractivity contribution < 1.29 is 23.3 Å². The number of benzene rings is 4. The van der Waals surface area contributed by atoms with Crippen molar-refractivity contribution in [1.29, 1.82) is 0 Å². The van der Waals surface area contributed by atoms with E-state index in [4.69, 9.17) is 0 Å². The molecule has 0 aliphatic heterocycles.